The van der Waals surface area contributed by atoms with Crippen molar-refractivity contribution in [1.29, 1.82) is 0 Å². The molecule has 2 unspecified atom stereocenters. The number of hydrogen-bond donors (Lipinski definition) is 1. The third-order valence-electron chi connectivity index (χ3n) is 3.88. The Hall–Kier alpha value is -1.31. The molecule has 0 aromatic carbocycles. The first-order valence-corrected chi connectivity index (χ1v) is 10.2. The molecule has 0 saturated carbocycles. The Kier molecular flexibility index (Phi) is 6.67. The number of amides is 2. The Balaban J connectivity index is 2.86. The minimum absolute atomic E-state index is 0.0101. The molecule has 0 bridgehead atoms. The lowest BCUT2D eigenvalue weighted by Crippen LogP contribution is -2.54. The molecule has 0 aliphatic carbocycles. The molecule has 1 rings (SSSR count). The van der Waals surface area contributed by atoms with E-state index in [1.54, 1.807) is 25.7 Å². The summed E-state index contributed by atoms with van der Waals surface area (Å²) in [5, 5.41) is 2.63. The van der Waals surface area contributed by atoms with Gasteiger partial charge in [-0.25, -0.2) is 13.2 Å². The van der Waals surface area contributed by atoms with Gasteiger partial charge in [-0.05, 0) is 40.0 Å². The fraction of sp³-hybridized carbons (Fsp3) is 0.875. The summed E-state index contributed by atoms with van der Waals surface area (Å²) >= 11 is 0. The van der Waals surface area contributed by atoms with E-state index in [-0.39, 0.29) is 29.4 Å². The van der Waals surface area contributed by atoms with E-state index in [0.29, 0.717) is 13.0 Å². The van der Waals surface area contributed by atoms with E-state index in [4.69, 9.17) is 4.74 Å². The molecule has 1 aliphatic heterocycles. The van der Waals surface area contributed by atoms with Crippen molar-refractivity contribution >= 4 is 21.8 Å². The summed E-state index contributed by atoms with van der Waals surface area (Å²) < 4.78 is 28.6. The normalized spacial score (nSPS) is 21.4. The lowest BCUT2D eigenvalue weighted by Gasteiger charge is -2.33. The van der Waals surface area contributed by atoms with Crippen LogP contribution >= 0.6 is 0 Å². The van der Waals surface area contributed by atoms with Crippen LogP contribution in [0.15, 0.2) is 0 Å². The monoisotopic (exact) mass is 362 g/mol. The van der Waals surface area contributed by atoms with Gasteiger partial charge in [0.2, 0.25) is 5.91 Å². The van der Waals surface area contributed by atoms with Crippen molar-refractivity contribution in [1.82, 2.24) is 10.2 Å². The number of carbonyl (C=O) groups is 2. The van der Waals surface area contributed by atoms with Crippen LogP contribution in [0.2, 0.25) is 0 Å². The van der Waals surface area contributed by atoms with E-state index in [1.807, 2.05) is 20.8 Å². The second kappa shape index (κ2) is 7.72. The van der Waals surface area contributed by atoms with Gasteiger partial charge in [-0.1, -0.05) is 13.8 Å². The minimum atomic E-state index is -3.08. The number of carbonyl (C=O) groups excluding carboxylic acids is 2. The number of ether oxygens (including phenoxy) is 1. The summed E-state index contributed by atoms with van der Waals surface area (Å²) in [5.74, 6) is -0.311. The number of sulfone groups is 1. The molecule has 2 amide bonds. The van der Waals surface area contributed by atoms with Crippen LogP contribution < -0.4 is 5.32 Å². The highest BCUT2D eigenvalue weighted by atomic mass is 32.2. The summed E-state index contributed by atoms with van der Waals surface area (Å²) in [6.07, 6.45) is -0.205. The topological polar surface area (TPSA) is 92.8 Å². The molecule has 0 spiro atoms. The van der Waals surface area contributed by atoms with E-state index >= 15 is 0 Å². The molecule has 0 aromatic rings. The van der Waals surface area contributed by atoms with Gasteiger partial charge in [0, 0.05) is 12.6 Å². The molecule has 140 valence electrons. The van der Waals surface area contributed by atoms with Crippen LogP contribution in [0.1, 0.15) is 48.0 Å². The zero-order valence-electron chi connectivity index (χ0n) is 15.5. The maximum atomic E-state index is 12.9. The van der Waals surface area contributed by atoms with E-state index in [1.165, 1.54) is 0 Å². The SMILES string of the molecule is CCN(C(=O)C(NC(=O)OC(C)(C)C)C(C)C)C1CCS(=O)(=O)C1. The first-order chi connectivity index (χ1) is 10.9. The molecule has 1 N–H and O–H groups in total. The van der Waals surface area contributed by atoms with Crippen molar-refractivity contribution in [3.05, 3.63) is 0 Å². The summed E-state index contributed by atoms with van der Waals surface area (Å²) in [4.78, 5) is 26.5. The molecule has 8 heteroatoms. The molecule has 0 aromatic heterocycles. The minimum Gasteiger partial charge on any atom is -0.444 e. The van der Waals surface area contributed by atoms with Crippen molar-refractivity contribution < 1.29 is 22.7 Å². The van der Waals surface area contributed by atoms with Crippen molar-refractivity contribution in [2.24, 2.45) is 5.92 Å². The Morgan fingerprint density at radius 1 is 1.29 bits per heavy atom. The van der Waals surface area contributed by atoms with Crippen LogP contribution in [0.5, 0.6) is 0 Å². The molecule has 24 heavy (non-hydrogen) atoms. The molecular formula is C16H30N2O5S. The van der Waals surface area contributed by atoms with Crippen LogP contribution in [-0.2, 0) is 19.4 Å². The van der Waals surface area contributed by atoms with Gasteiger partial charge < -0.3 is 15.0 Å². The van der Waals surface area contributed by atoms with Crippen LogP contribution in [-0.4, -0.2) is 61.1 Å². The summed E-state index contributed by atoms with van der Waals surface area (Å²) in [6, 6.07) is -1.07. The van der Waals surface area contributed by atoms with E-state index in [0.717, 1.165) is 0 Å². The summed E-state index contributed by atoms with van der Waals surface area (Å²) in [7, 11) is -3.08. The zero-order chi connectivity index (χ0) is 18.7. The molecular weight excluding hydrogens is 332 g/mol. The van der Waals surface area contributed by atoms with Gasteiger partial charge >= 0.3 is 6.09 Å². The smallest absolute Gasteiger partial charge is 0.408 e. The molecule has 0 radical (unpaired) electrons. The number of hydrogen-bond acceptors (Lipinski definition) is 5. The van der Waals surface area contributed by atoms with E-state index in [9.17, 15) is 18.0 Å². The number of alkyl carbamates (subject to hydrolysis) is 1. The van der Waals surface area contributed by atoms with Gasteiger partial charge in [0.25, 0.3) is 0 Å². The van der Waals surface area contributed by atoms with E-state index < -0.39 is 27.6 Å². The third kappa shape index (κ3) is 5.96. The van der Waals surface area contributed by atoms with Crippen molar-refractivity contribution in [3.8, 4) is 0 Å². The number of likely N-dealkylation sites (N-methyl/N-ethyl adjacent to an activating group) is 1. The Bertz CT molecular complexity index is 566. The van der Waals surface area contributed by atoms with Crippen molar-refractivity contribution in [2.45, 2.75) is 65.6 Å². The maximum absolute atomic E-state index is 12.9. The molecule has 1 fully saturated rings. The predicted octanol–water partition coefficient (Wildman–Crippen LogP) is 1.57. The second-order valence-corrected chi connectivity index (χ2v) is 9.78. The Morgan fingerprint density at radius 2 is 1.88 bits per heavy atom. The van der Waals surface area contributed by atoms with Crippen molar-refractivity contribution in [3.63, 3.8) is 0 Å². The molecule has 1 heterocycles. The molecule has 7 nitrogen and oxygen atoms in total. The first-order valence-electron chi connectivity index (χ1n) is 8.36. The zero-order valence-corrected chi connectivity index (χ0v) is 16.3. The number of rotatable bonds is 5. The Morgan fingerprint density at radius 3 is 2.25 bits per heavy atom. The van der Waals surface area contributed by atoms with Gasteiger partial charge in [0.15, 0.2) is 9.84 Å². The highest BCUT2D eigenvalue weighted by molar-refractivity contribution is 7.91. The third-order valence-corrected chi connectivity index (χ3v) is 5.63. The molecule has 1 aliphatic rings. The average molecular weight is 362 g/mol. The lowest BCUT2D eigenvalue weighted by molar-refractivity contribution is -0.136. The highest BCUT2D eigenvalue weighted by Gasteiger charge is 2.37. The highest BCUT2D eigenvalue weighted by Crippen LogP contribution is 2.20. The fourth-order valence-corrected chi connectivity index (χ4v) is 4.47. The second-order valence-electron chi connectivity index (χ2n) is 7.55. The first kappa shape index (κ1) is 20.7. The number of nitrogens with zero attached hydrogens (tertiary/aromatic N) is 1. The quantitative estimate of drug-likeness (QED) is 0.801. The van der Waals surface area contributed by atoms with E-state index in [2.05, 4.69) is 5.32 Å². The summed E-state index contributed by atoms with van der Waals surface area (Å²) in [6.45, 7) is 11.1. The van der Waals surface area contributed by atoms with Gasteiger partial charge in [-0.15, -0.1) is 0 Å². The van der Waals surface area contributed by atoms with Crippen LogP contribution in [0.3, 0.4) is 0 Å². The number of nitrogens with one attached hydrogen (secondary N) is 1. The van der Waals surface area contributed by atoms with Gasteiger partial charge in [0.05, 0.1) is 11.5 Å². The van der Waals surface area contributed by atoms with Crippen LogP contribution in [0.25, 0.3) is 0 Å². The molecule has 2 atom stereocenters. The van der Waals surface area contributed by atoms with Gasteiger partial charge in [0.1, 0.15) is 11.6 Å². The van der Waals surface area contributed by atoms with Crippen LogP contribution in [0.4, 0.5) is 4.79 Å². The van der Waals surface area contributed by atoms with Crippen LogP contribution in [0, 0.1) is 5.92 Å². The van der Waals surface area contributed by atoms with Gasteiger partial charge in [-0.3, -0.25) is 4.79 Å². The maximum Gasteiger partial charge on any atom is 0.408 e. The van der Waals surface area contributed by atoms with Crippen molar-refractivity contribution in [2.75, 3.05) is 18.1 Å². The Labute approximate surface area is 145 Å². The predicted molar refractivity (Wildman–Crippen MR) is 92.4 cm³/mol. The standard InChI is InChI=1S/C16H30N2O5S/c1-7-18(12-8-9-24(21,22)10-12)14(19)13(11(2)3)17-15(20)23-16(4,5)6/h11-13H,7-10H2,1-6H3,(H,17,20). The summed E-state index contributed by atoms with van der Waals surface area (Å²) in [5.41, 5.74) is -0.654. The average Bonchev–Trinajstić information content (AvgIpc) is 2.74. The molecule has 1 saturated heterocycles. The van der Waals surface area contributed by atoms with Gasteiger partial charge in [-0.2, -0.15) is 0 Å². The lowest BCUT2D eigenvalue weighted by atomic mass is 10.0. The fourth-order valence-electron chi connectivity index (χ4n) is 2.74. The largest absolute Gasteiger partial charge is 0.444 e.